The number of nitrogens with two attached hydrogens (primary N) is 1. The number of nitrogen functional groups attached to an aromatic ring is 1. The van der Waals surface area contributed by atoms with Crippen molar-refractivity contribution < 1.29 is 0 Å². The summed E-state index contributed by atoms with van der Waals surface area (Å²) >= 11 is 0. The van der Waals surface area contributed by atoms with E-state index in [-0.39, 0.29) is 0 Å². The maximum absolute atomic E-state index is 6.26. The van der Waals surface area contributed by atoms with Gasteiger partial charge in [-0.05, 0) is 57.0 Å². The molecule has 0 spiro atoms. The third-order valence-electron chi connectivity index (χ3n) is 4.79. The summed E-state index contributed by atoms with van der Waals surface area (Å²) in [6.07, 6.45) is 12.1. The van der Waals surface area contributed by atoms with Crippen LogP contribution in [0.1, 0.15) is 80.6 Å². The van der Waals surface area contributed by atoms with Crippen molar-refractivity contribution in [2.75, 3.05) is 5.73 Å². The molecule has 3 rings (SSSR count). The lowest BCUT2D eigenvalue weighted by molar-refractivity contribution is 1.04. The van der Waals surface area contributed by atoms with E-state index < -0.39 is 0 Å². The Labute approximate surface area is 225 Å². The highest BCUT2D eigenvalue weighted by Crippen LogP contribution is 2.28. The van der Waals surface area contributed by atoms with Gasteiger partial charge in [0, 0.05) is 22.4 Å². The minimum atomic E-state index is 0.595. The summed E-state index contributed by atoms with van der Waals surface area (Å²) in [7, 11) is 0. The number of benzene rings is 2. The van der Waals surface area contributed by atoms with Crippen LogP contribution in [0.2, 0.25) is 0 Å². The van der Waals surface area contributed by atoms with Gasteiger partial charge in [0.2, 0.25) is 0 Å². The van der Waals surface area contributed by atoms with Gasteiger partial charge in [0.1, 0.15) is 0 Å². The molecule has 0 bridgehead atoms. The molecule has 1 heterocycles. The lowest BCUT2D eigenvalue weighted by Gasteiger charge is -2.11. The fraction of sp³-hybridized carbons (Fsp3) is 0.303. The van der Waals surface area contributed by atoms with Gasteiger partial charge < -0.3 is 5.73 Å². The Bertz CT molecular complexity index is 1170. The molecule has 0 aliphatic rings. The van der Waals surface area contributed by atoms with Gasteiger partial charge in [0.05, 0.1) is 0 Å². The highest BCUT2D eigenvalue weighted by atomic mass is 15.0. The zero-order chi connectivity index (χ0) is 28.2. The average molecular weight is 499 g/mol. The highest BCUT2D eigenvalue weighted by Gasteiger charge is 2.13. The van der Waals surface area contributed by atoms with E-state index >= 15 is 0 Å². The first-order valence-electron chi connectivity index (χ1n) is 13.4. The predicted molar refractivity (Wildman–Crippen MR) is 166 cm³/mol. The van der Waals surface area contributed by atoms with Gasteiger partial charge in [-0.25, -0.2) is 15.0 Å². The molecule has 2 N–H and O–H groups in total. The summed E-state index contributed by atoms with van der Waals surface area (Å²) in [5.74, 6) is 1.86. The topological polar surface area (TPSA) is 64.7 Å². The average Bonchev–Trinajstić information content (AvgIpc) is 2.97. The summed E-state index contributed by atoms with van der Waals surface area (Å²) < 4.78 is 0. The molecule has 0 saturated carbocycles. The van der Waals surface area contributed by atoms with Crippen molar-refractivity contribution in [3.8, 4) is 22.8 Å². The highest BCUT2D eigenvalue weighted by molar-refractivity contribution is 5.80. The van der Waals surface area contributed by atoms with E-state index in [2.05, 4.69) is 18.2 Å². The summed E-state index contributed by atoms with van der Waals surface area (Å²) in [6.45, 7) is 20.0. The van der Waals surface area contributed by atoms with Crippen molar-refractivity contribution in [1.82, 2.24) is 15.0 Å². The zero-order valence-electron chi connectivity index (χ0n) is 24.5. The summed E-state index contributed by atoms with van der Waals surface area (Å²) in [6, 6.07) is 15.9. The van der Waals surface area contributed by atoms with E-state index in [4.69, 9.17) is 20.7 Å². The van der Waals surface area contributed by atoms with Gasteiger partial charge in [0.15, 0.2) is 17.5 Å². The van der Waals surface area contributed by atoms with Crippen LogP contribution < -0.4 is 5.73 Å². The maximum atomic E-state index is 6.26. The molecule has 0 atom stereocenters. The minimum absolute atomic E-state index is 0.595. The van der Waals surface area contributed by atoms with E-state index in [1.807, 2.05) is 136 Å². The van der Waals surface area contributed by atoms with Crippen LogP contribution in [0, 0.1) is 0 Å². The van der Waals surface area contributed by atoms with Crippen molar-refractivity contribution >= 4 is 16.8 Å². The van der Waals surface area contributed by atoms with Crippen LogP contribution in [0.3, 0.4) is 0 Å². The number of hydrogen-bond donors (Lipinski definition) is 1. The van der Waals surface area contributed by atoms with Gasteiger partial charge >= 0.3 is 0 Å². The molecule has 0 amide bonds. The Morgan fingerprint density at radius 1 is 0.622 bits per heavy atom. The van der Waals surface area contributed by atoms with Crippen LogP contribution in [-0.4, -0.2) is 15.0 Å². The monoisotopic (exact) mass is 498 g/mol. The largest absolute Gasteiger partial charge is 0.399 e. The van der Waals surface area contributed by atoms with Crippen LogP contribution in [0.5, 0.6) is 0 Å². The van der Waals surface area contributed by atoms with E-state index in [0.29, 0.717) is 23.2 Å². The van der Waals surface area contributed by atoms with Gasteiger partial charge in [-0.3, -0.25) is 0 Å². The van der Waals surface area contributed by atoms with E-state index in [1.165, 1.54) is 0 Å². The van der Waals surface area contributed by atoms with Crippen LogP contribution in [0.25, 0.3) is 33.9 Å². The van der Waals surface area contributed by atoms with Crippen molar-refractivity contribution in [2.24, 2.45) is 0 Å². The molecule has 3 aromatic rings. The summed E-state index contributed by atoms with van der Waals surface area (Å²) in [5, 5.41) is 0. The van der Waals surface area contributed by atoms with E-state index in [0.717, 1.165) is 27.8 Å². The molecule has 2 aromatic carbocycles. The standard InChI is InChI=1S/C27H28N4.3C2H6/c1-5-12-19(7-3)22-16-23(18-24(28)17-22)27-30-25(20(8-4)13-6-2)29-26(31-27)21-14-10-9-11-15-21;3*1-2/h5-18H,28H2,1-4H3;3*1-2H3/b12-5-,13-6-,19-7+,20-8+;;;. The molecule has 4 heteroatoms. The van der Waals surface area contributed by atoms with Crippen molar-refractivity contribution in [2.45, 2.75) is 69.2 Å². The molecular weight excluding hydrogens is 452 g/mol. The predicted octanol–water partition coefficient (Wildman–Crippen LogP) is 9.83. The molecule has 0 fully saturated rings. The van der Waals surface area contributed by atoms with Gasteiger partial charge in [-0.15, -0.1) is 0 Å². The van der Waals surface area contributed by atoms with Gasteiger partial charge in [-0.1, -0.05) is 108 Å². The molecule has 0 saturated heterocycles. The molecule has 0 unspecified atom stereocenters. The number of hydrogen-bond acceptors (Lipinski definition) is 4. The van der Waals surface area contributed by atoms with Crippen molar-refractivity contribution in [1.29, 1.82) is 0 Å². The second kappa shape index (κ2) is 19.4. The summed E-state index contributed by atoms with van der Waals surface area (Å²) in [5.41, 5.74) is 11.8. The maximum Gasteiger partial charge on any atom is 0.164 e. The fourth-order valence-electron chi connectivity index (χ4n) is 3.32. The second-order valence-corrected chi connectivity index (χ2v) is 7.00. The Kier molecular flexibility index (Phi) is 17.4. The first kappa shape index (κ1) is 33.2. The molecule has 0 radical (unpaired) electrons. The molecule has 4 nitrogen and oxygen atoms in total. The molecule has 198 valence electrons. The van der Waals surface area contributed by atoms with Crippen molar-refractivity contribution in [3.05, 3.63) is 96.4 Å². The Balaban J connectivity index is 0.00000201. The SMILES string of the molecule is C/C=C\C(=C/C)c1cc(N)cc(-c2nc(C(/C=C\C)=C/C)nc(-c3ccccc3)n2)c1.CC.CC.CC. The van der Waals surface area contributed by atoms with E-state index in [9.17, 15) is 0 Å². The van der Waals surface area contributed by atoms with Gasteiger partial charge in [-0.2, -0.15) is 0 Å². The zero-order valence-corrected chi connectivity index (χ0v) is 24.5. The first-order chi connectivity index (χ1) is 18.1. The third kappa shape index (κ3) is 10.0. The van der Waals surface area contributed by atoms with Crippen LogP contribution in [0.15, 0.2) is 85.0 Å². The number of anilines is 1. The fourth-order valence-corrected chi connectivity index (χ4v) is 3.32. The first-order valence-corrected chi connectivity index (χ1v) is 13.4. The third-order valence-corrected chi connectivity index (χ3v) is 4.79. The Morgan fingerprint density at radius 2 is 1.14 bits per heavy atom. The van der Waals surface area contributed by atoms with E-state index in [1.54, 1.807) is 0 Å². The van der Waals surface area contributed by atoms with Crippen molar-refractivity contribution in [3.63, 3.8) is 0 Å². The minimum Gasteiger partial charge on any atom is -0.399 e. The molecule has 0 aliphatic heterocycles. The number of rotatable bonds is 6. The second-order valence-electron chi connectivity index (χ2n) is 7.00. The molecule has 37 heavy (non-hydrogen) atoms. The number of aromatic nitrogens is 3. The Morgan fingerprint density at radius 3 is 1.65 bits per heavy atom. The normalized spacial score (nSPS) is 11.2. The lowest BCUT2D eigenvalue weighted by atomic mass is 10.0. The quantitative estimate of drug-likeness (QED) is 0.271. The number of nitrogens with zero attached hydrogens (tertiary/aromatic N) is 3. The van der Waals surface area contributed by atoms with Gasteiger partial charge in [0.25, 0.3) is 0 Å². The summed E-state index contributed by atoms with van der Waals surface area (Å²) in [4.78, 5) is 14.3. The number of allylic oxidation sites excluding steroid dienone is 8. The molecular formula is C33H46N4. The van der Waals surface area contributed by atoms with Crippen LogP contribution in [-0.2, 0) is 0 Å². The van der Waals surface area contributed by atoms with Crippen LogP contribution >= 0.6 is 0 Å². The van der Waals surface area contributed by atoms with Crippen LogP contribution in [0.4, 0.5) is 5.69 Å². The molecule has 1 aromatic heterocycles. The Hall–Kier alpha value is -3.79. The molecule has 0 aliphatic carbocycles. The smallest absolute Gasteiger partial charge is 0.164 e. The lowest BCUT2D eigenvalue weighted by Crippen LogP contribution is -2.03.